The summed E-state index contributed by atoms with van der Waals surface area (Å²) in [5.41, 5.74) is 0. The van der Waals surface area contributed by atoms with E-state index in [1.807, 2.05) is 20.8 Å². The van der Waals surface area contributed by atoms with E-state index in [1.165, 1.54) is 32.1 Å². The Morgan fingerprint density at radius 3 is 0.829 bits per heavy atom. The van der Waals surface area contributed by atoms with Gasteiger partial charge in [-0.3, -0.25) is 0 Å². The van der Waals surface area contributed by atoms with Crippen LogP contribution < -0.4 is 0 Å². The molecule has 0 aliphatic heterocycles. The Morgan fingerprint density at radius 1 is 0.429 bits per heavy atom. The molecule has 0 aliphatic rings. The molecule has 0 unspecified atom stereocenters. The molecule has 0 rings (SSSR count). The first kappa shape index (κ1) is 51.4. The molecule has 0 amide bonds. The SMILES string of the molecule is CCCCCOC.CCCCOC.CCCOC.CCCOC.CCOC.COC.COC(C)C. The lowest BCUT2D eigenvalue weighted by Gasteiger charge is -1.94. The summed E-state index contributed by atoms with van der Waals surface area (Å²) in [6, 6.07) is 0. The van der Waals surface area contributed by atoms with Crippen LogP contribution in [0.5, 0.6) is 0 Å². The standard InChI is InChI=1S/C6H14O.C5H12O.3C4H10O.C3H8O.C2H6O/c1-3-4-5-6-7-2;1-3-4-5-6-2;1-4(2)5-3;2*1-3-4-5-2;1-3-4-2;1-3-2/h3-6H2,1-2H3;3-5H2,1-2H3;4H,1-3H3;2*3-4H2,1-2H3;3H2,1-2H3;1-2H3. The van der Waals surface area contributed by atoms with Crippen molar-refractivity contribution >= 4 is 0 Å². The fraction of sp³-hybridized carbons (Fsp3) is 1.00. The van der Waals surface area contributed by atoms with Gasteiger partial charge in [-0.25, -0.2) is 0 Å². The van der Waals surface area contributed by atoms with Gasteiger partial charge in [0.25, 0.3) is 0 Å². The van der Waals surface area contributed by atoms with Crippen molar-refractivity contribution in [1.82, 2.24) is 0 Å². The Morgan fingerprint density at radius 2 is 0.714 bits per heavy atom. The molecule has 0 aromatic heterocycles. The van der Waals surface area contributed by atoms with Crippen LogP contribution in [0.1, 0.15) is 93.4 Å². The van der Waals surface area contributed by atoms with E-state index in [4.69, 9.17) is 23.7 Å². The number of ether oxygens (including phenoxy) is 7. The van der Waals surface area contributed by atoms with E-state index in [1.54, 1.807) is 56.9 Å². The zero-order chi connectivity index (χ0) is 29.0. The first-order valence-electron chi connectivity index (χ1n) is 13.1. The molecule has 224 valence electrons. The fourth-order valence-electron chi connectivity index (χ4n) is 1.19. The summed E-state index contributed by atoms with van der Waals surface area (Å²) in [7, 11) is 13.5. The first-order chi connectivity index (χ1) is 16.8. The second-order valence-electron chi connectivity index (χ2n) is 7.30. The maximum atomic E-state index is 4.84. The summed E-state index contributed by atoms with van der Waals surface area (Å²) in [5.74, 6) is 0. The monoisotopic (exact) mass is 519 g/mol. The average molecular weight is 519 g/mol. The third-order valence-electron chi connectivity index (χ3n) is 3.23. The molecule has 0 radical (unpaired) electrons. The molecular formula is C28H70O7. The molecule has 35 heavy (non-hydrogen) atoms. The van der Waals surface area contributed by atoms with Crippen LogP contribution in [-0.2, 0) is 33.2 Å². The van der Waals surface area contributed by atoms with Crippen LogP contribution in [-0.4, -0.2) is 96.0 Å². The Bertz CT molecular complexity index is 199. The minimum atomic E-state index is 0.384. The van der Waals surface area contributed by atoms with Crippen LogP contribution in [0.25, 0.3) is 0 Å². The van der Waals surface area contributed by atoms with E-state index in [0.717, 1.165) is 45.9 Å². The van der Waals surface area contributed by atoms with Crippen LogP contribution in [0.2, 0.25) is 0 Å². The largest absolute Gasteiger partial charge is 0.388 e. The minimum absolute atomic E-state index is 0.384. The van der Waals surface area contributed by atoms with E-state index in [2.05, 4.69) is 37.2 Å². The highest BCUT2D eigenvalue weighted by molar-refractivity contribution is 4.33. The Hall–Kier alpha value is -0.280. The van der Waals surface area contributed by atoms with Crippen molar-refractivity contribution in [3.05, 3.63) is 0 Å². The van der Waals surface area contributed by atoms with Crippen LogP contribution in [0, 0.1) is 0 Å². The van der Waals surface area contributed by atoms with Gasteiger partial charge in [-0.1, -0.05) is 47.0 Å². The molecule has 0 heterocycles. The zero-order valence-electron chi connectivity index (χ0n) is 26.9. The van der Waals surface area contributed by atoms with Gasteiger partial charge >= 0.3 is 0 Å². The highest BCUT2D eigenvalue weighted by Gasteiger charge is 1.80. The van der Waals surface area contributed by atoms with Crippen LogP contribution in [0.15, 0.2) is 0 Å². The number of hydrogen-bond acceptors (Lipinski definition) is 7. The molecule has 0 N–H and O–H groups in total. The second-order valence-corrected chi connectivity index (χ2v) is 7.30. The van der Waals surface area contributed by atoms with Crippen molar-refractivity contribution in [3.63, 3.8) is 0 Å². The fourth-order valence-corrected chi connectivity index (χ4v) is 1.19. The summed E-state index contributed by atoms with van der Waals surface area (Å²) in [4.78, 5) is 0. The van der Waals surface area contributed by atoms with Gasteiger partial charge in [0.05, 0.1) is 6.10 Å². The van der Waals surface area contributed by atoms with Crippen molar-refractivity contribution in [2.24, 2.45) is 0 Å². The molecule has 0 aliphatic carbocycles. The van der Waals surface area contributed by atoms with Crippen LogP contribution >= 0.6 is 0 Å². The van der Waals surface area contributed by atoms with Gasteiger partial charge in [0.2, 0.25) is 0 Å². The first-order valence-corrected chi connectivity index (χ1v) is 13.1. The molecule has 7 heteroatoms. The van der Waals surface area contributed by atoms with Crippen molar-refractivity contribution < 1.29 is 33.2 Å². The summed E-state index contributed by atoms with van der Waals surface area (Å²) in [5, 5.41) is 0. The highest BCUT2D eigenvalue weighted by atomic mass is 16.5. The molecule has 0 spiro atoms. The van der Waals surface area contributed by atoms with Gasteiger partial charge in [0, 0.05) is 89.9 Å². The van der Waals surface area contributed by atoms with E-state index < -0.39 is 0 Å². The average Bonchev–Trinajstić information content (AvgIpc) is 2.86. The number of unbranched alkanes of at least 4 members (excludes halogenated alkanes) is 3. The van der Waals surface area contributed by atoms with E-state index in [0.29, 0.717) is 6.10 Å². The lowest BCUT2D eigenvalue weighted by atomic mass is 10.3. The summed E-state index contributed by atoms with van der Waals surface area (Å²) < 4.78 is 32.5. The number of methoxy groups -OCH3 is 7. The lowest BCUT2D eigenvalue weighted by Crippen LogP contribution is -1.94. The predicted molar refractivity (Wildman–Crippen MR) is 155 cm³/mol. The predicted octanol–water partition coefficient (Wildman–Crippen LogP) is 7.30. The van der Waals surface area contributed by atoms with Gasteiger partial charge in [0.15, 0.2) is 0 Å². The topological polar surface area (TPSA) is 64.6 Å². The van der Waals surface area contributed by atoms with Crippen molar-refractivity contribution in [1.29, 1.82) is 0 Å². The van der Waals surface area contributed by atoms with Crippen molar-refractivity contribution in [2.75, 3.05) is 89.9 Å². The third kappa shape index (κ3) is 180. The molecule has 0 saturated carbocycles. The van der Waals surface area contributed by atoms with E-state index >= 15 is 0 Å². The normalized spacial score (nSPS) is 8.57. The molecule has 0 saturated heterocycles. The molecule has 0 aromatic carbocycles. The molecule has 7 nitrogen and oxygen atoms in total. The Labute approximate surface area is 222 Å². The number of rotatable bonds is 13. The lowest BCUT2D eigenvalue weighted by molar-refractivity contribution is 0.134. The summed E-state index contributed by atoms with van der Waals surface area (Å²) in [6.07, 6.45) is 8.84. The van der Waals surface area contributed by atoms with Crippen LogP contribution in [0.3, 0.4) is 0 Å². The van der Waals surface area contributed by atoms with Crippen molar-refractivity contribution in [2.45, 2.75) is 99.5 Å². The maximum Gasteiger partial charge on any atom is 0.0515 e. The Kier molecular flexibility index (Phi) is 112. The molecule has 0 aromatic rings. The molecule has 0 atom stereocenters. The van der Waals surface area contributed by atoms with E-state index in [-0.39, 0.29) is 0 Å². The van der Waals surface area contributed by atoms with Gasteiger partial charge in [0.1, 0.15) is 0 Å². The number of hydrogen-bond donors (Lipinski definition) is 0. The van der Waals surface area contributed by atoms with Crippen molar-refractivity contribution in [3.8, 4) is 0 Å². The third-order valence-corrected chi connectivity index (χ3v) is 3.23. The van der Waals surface area contributed by atoms with E-state index in [9.17, 15) is 0 Å². The van der Waals surface area contributed by atoms with Gasteiger partial charge in [-0.15, -0.1) is 0 Å². The van der Waals surface area contributed by atoms with Gasteiger partial charge < -0.3 is 33.2 Å². The molecular weight excluding hydrogens is 448 g/mol. The van der Waals surface area contributed by atoms with Gasteiger partial charge in [-0.05, 0) is 46.5 Å². The second kappa shape index (κ2) is 76.5. The summed E-state index contributed by atoms with van der Waals surface area (Å²) in [6.45, 7) is 18.9. The maximum absolute atomic E-state index is 4.84. The van der Waals surface area contributed by atoms with Crippen LogP contribution in [0.4, 0.5) is 0 Å². The Balaban J connectivity index is -0.0000000530. The molecule has 0 bridgehead atoms. The smallest absolute Gasteiger partial charge is 0.0515 e. The highest BCUT2D eigenvalue weighted by Crippen LogP contribution is 1.91. The quantitative estimate of drug-likeness (QED) is 0.237. The zero-order valence-corrected chi connectivity index (χ0v) is 26.9. The molecule has 0 fully saturated rings. The minimum Gasteiger partial charge on any atom is -0.388 e. The van der Waals surface area contributed by atoms with Gasteiger partial charge in [-0.2, -0.15) is 0 Å². The summed E-state index contributed by atoms with van der Waals surface area (Å²) >= 11 is 0.